The molecule has 1 aromatic rings. The standard InChI is InChI=1S/C15H25N3/c1-3-14(16)15-10-9-13(11-17-15)18(4-2)12-7-5-6-8-12/h9-12,14H,3-8,16H2,1-2H3/t14-/m0/s1. The third-order valence-electron chi connectivity index (χ3n) is 4.03. The van der Waals surface area contributed by atoms with E-state index in [4.69, 9.17) is 5.73 Å². The van der Waals surface area contributed by atoms with Crippen LogP contribution in [0, 0.1) is 0 Å². The summed E-state index contributed by atoms with van der Waals surface area (Å²) in [6, 6.07) is 5.05. The Morgan fingerprint density at radius 2 is 2.06 bits per heavy atom. The lowest BCUT2D eigenvalue weighted by molar-refractivity contribution is 0.617. The molecule has 0 aliphatic heterocycles. The Morgan fingerprint density at radius 3 is 2.56 bits per heavy atom. The average Bonchev–Trinajstić information content (AvgIpc) is 2.93. The molecule has 0 spiro atoms. The van der Waals surface area contributed by atoms with Gasteiger partial charge in [-0.05, 0) is 38.3 Å². The van der Waals surface area contributed by atoms with Crippen molar-refractivity contribution < 1.29 is 0 Å². The Balaban J connectivity index is 2.11. The van der Waals surface area contributed by atoms with Gasteiger partial charge in [-0.15, -0.1) is 0 Å². The molecule has 100 valence electrons. The highest BCUT2D eigenvalue weighted by Gasteiger charge is 2.21. The van der Waals surface area contributed by atoms with Crippen molar-refractivity contribution >= 4 is 5.69 Å². The van der Waals surface area contributed by atoms with Crippen LogP contribution < -0.4 is 10.6 Å². The van der Waals surface area contributed by atoms with Crippen molar-refractivity contribution in [2.45, 2.75) is 58.0 Å². The molecule has 0 unspecified atom stereocenters. The summed E-state index contributed by atoms with van der Waals surface area (Å²) >= 11 is 0. The minimum Gasteiger partial charge on any atom is -0.368 e. The molecule has 1 atom stereocenters. The normalized spacial score (nSPS) is 17.9. The number of nitrogens with two attached hydrogens (primary N) is 1. The highest BCUT2D eigenvalue weighted by molar-refractivity contribution is 5.46. The second kappa shape index (κ2) is 6.19. The molecule has 3 nitrogen and oxygen atoms in total. The number of anilines is 1. The summed E-state index contributed by atoms with van der Waals surface area (Å²) in [6.07, 6.45) is 8.31. The van der Waals surface area contributed by atoms with Crippen molar-refractivity contribution in [1.82, 2.24) is 4.98 Å². The van der Waals surface area contributed by atoms with Crippen LogP contribution in [-0.4, -0.2) is 17.6 Å². The minimum atomic E-state index is 0.0700. The summed E-state index contributed by atoms with van der Waals surface area (Å²) in [5, 5.41) is 0. The first kappa shape index (κ1) is 13.3. The van der Waals surface area contributed by atoms with Crippen molar-refractivity contribution in [2.75, 3.05) is 11.4 Å². The predicted molar refractivity (Wildman–Crippen MR) is 76.7 cm³/mol. The summed E-state index contributed by atoms with van der Waals surface area (Å²) in [7, 11) is 0. The van der Waals surface area contributed by atoms with Gasteiger partial charge in [0.2, 0.25) is 0 Å². The van der Waals surface area contributed by atoms with E-state index >= 15 is 0 Å². The van der Waals surface area contributed by atoms with Gasteiger partial charge in [-0.1, -0.05) is 19.8 Å². The number of hydrogen-bond donors (Lipinski definition) is 1. The maximum atomic E-state index is 6.00. The summed E-state index contributed by atoms with van der Waals surface area (Å²) < 4.78 is 0. The topological polar surface area (TPSA) is 42.1 Å². The van der Waals surface area contributed by atoms with Crippen LogP contribution in [0.2, 0.25) is 0 Å². The van der Waals surface area contributed by atoms with Gasteiger partial charge in [0.25, 0.3) is 0 Å². The van der Waals surface area contributed by atoms with E-state index in [1.54, 1.807) is 0 Å². The molecular weight excluding hydrogens is 222 g/mol. The molecule has 0 radical (unpaired) electrons. The zero-order valence-corrected chi connectivity index (χ0v) is 11.6. The highest BCUT2D eigenvalue weighted by atomic mass is 15.2. The molecule has 2 N–H and O–H groups in total. The Bertz CT molecular complexity index is 355. The van der Waals surface area contributed by atoms with Crippen LogP contribution in [0.1, 0.15) is 57.7 Å². The molecule has 0 aromatic carbocycles. The summed E-state index contributed by atoms with van der Waals surface area (Å²) in [5.74, 6) is 0. The average molecular weight is 247 g/mol. The van der Waals surface area contributed by atoms with E-state index in [1.807, 2.05) is 6.20 Å². The van der Waals surface area contributed by atoms with Crippen LogP contribution in [0.4, 0.5) is 5.69 Å². The van der Waals surface area contributed by atoms with Gasteiger partial charge < -0.3 is 10.6 Å². The summed E-state index contributed by atoms with van der Waals surface area (Å²) in [4.78, 5) is 7.01. The Morgan fingerprint density at radius 1 is 1.33 bits per heavy atom. The van der Waals surface area contributed by atoms with Crippen molar-refractivity contribution in [3.8, 4) is 0 Å². The Kier molecular flexibility index (Phi) is 4.59. The first-order chi connectivity index (χ1) is 8.76. The van der Waals surface area contributed by atoms with Crippen molar-refractivity contribution in [1.29, 1.82) is 0 Å². The fourth-order valence-corrected chi connectivity index (χ4v) is 2.86. The lowest BCUT2D eigenvalue weighted by Gasteiger charge is -2.29. The first-order valence-electron chi connectivity index (χ1n) is 7.24. The maximum absolute atomic E-state index is 6.00. The number of aromatic nitrogens is 1. The van der Waals surface area contributed by atoms with Crippen LogP contribution in [0.3, 0.4) is 0 Å². The van der Waals surface area contributed by atoms with Gasteiger partial charge in [-0.3, -0.25) is 4.98 Å². The molecule has 1 aliphatic rings. The van der Waals surface area contributed by atoms with E-state index in [-0.39, 0.29) is 6.04 Å². The largest absolute Gasteiger partial charge is 0.368 e. The van der Waals surface area contributed by atoms with E-state index in [0.717, 1.165) is 18.7 Å². The molecule has 2 rings (SSSR count). The van der Waals surface area contributed by atoms with Crippen LogP contribution in [0.15, 0.2) is 18.3 Å². The van der Waals surface area contributed by atoms with Crippen LogP contribution in [0.5, 0.6) is 0 Å². The Hall–Kier alpha value is -1.09. The van der Waals surface area contributed by atoms with Gasteiger partial charge in [0.15, 0.2) is 0 Å². The molecular formula is C15H25N3. The highest BCUT2D eigenvalue weighted by Crippen LogP contribution is 2.28. The maximum Gasteiger partial charge on any atom is 0.0572 e. The van der Waals surface area contributed by atoms with E-state index in [9.17, 15) is 0 Å². The molecule has 3 heteroatoms. The minimum absolute atomic E-state index is 0.0700. The van der Waals surface area contributed by atoms with Crippen molar-refractivity contribution in [3.05, 3.63) is 24.0 Å². The van der Waals surface area contributed by atoms with Gasteiger partial charge in [0.05, 0.1) is 17.6 Å². The quantitative estimate of drug-likeness (QED) is 0.868. The third-order valence-corrected chi connectivity index (χ3v) is 4.03. The second-order valence-electron chi connectivity index (χ2n) is 5.18. The fourth-order valence-electron chi connectivity index (χ4n) is 2.86. The van der Waals surface area contributed by atoms with Gasteiger partial charge in [-0.25, -0.2) is 0 Å². The Labute approximate surface area is 110 Å². The number of rotatable bonds is 5. The number of hydrogen-bond acceptors (Lipinski definition) is 3. The van der Waals surface area contributed by atoms with Gasteiger partial charge in [-0.2, -0.15) is 0 Å². The van der Waals surface area contributed by atoms with E-state index in [2.05, 4.69) is 35.9 Å². The van der Waals surface area contributed by atoms with E-state index < -0.39 is 0 Å². The first-order valence-corrected chi connectivity index (χ1v) is 7.24. The molecule has 1 heterocycles. The van der Waals surface area contributed by atoms with Crippen LogP contribution in [-0.2, 0) is 0 Å². The van der Waals surface area contributed by atoms with Crippen LogP contribution in [0.25, 0.3) is 0 Å². The second-order valence-corrected chi connectivity index (χ2v) is 5.18. The van der Waals surface area contributed by atoms with Crippen molar-refractivity contribution in [2.24, 2.45) is 5.73 Å². The zero-order chi connectivity index (χ0) is 13.0. The molecule has 0 saturated heterocycles. The molecule has 1 saturated carbocycles. The van der Waals surface area contributed by atoms with E-state index in [0.29, 0.717) is 6.04 Å². The lowest BCUT2D eigenvalue weighted by atomic mass is 10.1. The molecule has 1 aromatic heterocycles. The van der Waals surface area contributed by atoms with Gasteiger partial charge in [0.1, 0.15) is 0 Å². The van der Waals surface area contributed by atoms with E-state index in [1.165, 1.54) is 31.4 Å². The lowest BCUT2D eigenvalue weighted by Crippen LogP contribution is -2.33. The number of nitrogens with zero attached hydrogens (tertiary/aromatic N) is 2. The fraction of sp³-hybridized carbons (Fsp3) is 0.667. The molecule has 1 aliphatic carbocycles. The number of pyridine rings is 1. The molecule has 0 bridgehead atoms. The monoisotopic (exact) mass is 247 g/mol. The zero-order valence-electron chi connectivity index (χ0n) is 11.6. The third kappa shape index (κ3) is 2.83. The van der Waals surface area contributed by atoms with Crippen molar-refractivity contribution in [3.63, 3.8) is 0 Å². The van der Waals surface area contributed by atoms with Gasteiger partial charge in [0, 0.05) is 18.6 Å². The van der Waals surface area contributed by atoms with Gasteiger partial charge >= 0.3 is 0 Å². The molecule has 0 amide bonds. The van der Waals surface area contributed by atoms with Crippen LogP contribution >= 0.6 is 0 Å². The summed E-state index contributed by atoms with van der Waals surface area (Å²) in [6.45, 7) is 5.38. The smallest absolute Gasteiger partial charge is 0.0572 e. The summed E-state index contributed by atoms with van der Waals surface area (Å²) in [5.41, 5.74) is 8.25. The SMILES string of the molecule is CC[C@H](N)c1ccc(N(CC)C2CCCC2)cn1. The predicted octanol–water partition coefficient (Wildman–Crippen LogP) is 3.26. The molecule has 1 fully saturated rings. The molecule has 18 heavy (non-hydrogen) atoms.